The van der Waals surface area contributed by atoms with Crippen molar-refractivity contribution in [3.05, 3.63) is 59.4 Å². The Morgan fingerprint density at radius 1 is 1.21 bits per heavy atom. The fourth-order valence-electron chi connectivity index (χ4n) is 1.71. The van der Waals surface area contributed by atoms with E-state index in [1.54, 1.807) is 12.3 Å². The molecule has 2 aromatic rings. The summed E-state index contributed by atoms with van der Waals surface area (Å²) >= 11 is 5.12. The Morgan fingerprint density at radius 2 is 1.95 bits per heavy atom. The molecule has 0 amide bonds. The molecular formula is C14H15NO2S2. The first-order valence-corrected chi connectivity index (χ1v) is 8.27. The van der Waals surface area contributed by atoms with Gasteiger partial charge in [0.2, 0.25) is 0 Å². The van der Waals surface area contributed by atoms with Crippen LogP contribution in [0.5, 0.6) is 0 Å². The monoisotopic (exact) mass is 293 g/mol. The number of aromatic nitrogens is 1. The molecule has 1 unspecified atom stereocenters. The first-order chi connectivity index (χ1) is 9.00. The number of hydrogen-bond acceptors (Lipinski definition) is 4. The quantitative estimate of drug-likeness (QED) is 0.869. The van der Waals surface area contributed by atoms with Gasteiger partial charge in [-0.15, -0.1) is 0 Å². The highest BCUT2D eigenvalue weighted by molar-refractivity contribution is 8.30. The van der Waals surface area contributed by atoms with E-state index in [1.165, 1.54) is 0 Å². The van der Waals surface area contributed by atoms with Gasteiger partial charge in [0.15, 0.2) is 8.77 Å². The normalized spacial score (nSPS) is 14.0. The Kier molecular flexibility index (Phi) is 4.29. The average molecular weight is 293 g/mol. The van der Waals surface area contributed by atoms with Gasteiger partial charge in [-0.05, 0) is 31.5 Å². The van der Waals surface area contributed by atoms with Crippen molar-refractivity contribution in [3.63, 3.8) is 0 Å². The standard InChI is InChI=1S/C14H15NO2S2/c1-11-6-3-4-8-14(11)19(16,18)17-10-13-7-5-9-15-12(13)2/h3-9H,10H2,1-2H3. The van der Waals surface area contributed by atoms with Gasteiger partial charge in [0.25, 0.3) is 0 Å². The number of rotatable bonds is 4. The second-order valence-electron chi connectivity index (χ2n) is 4.23. The first-order valence-electron chi connectivity index (χ1n) is 5.86. The van der Waals surface area contributed by atoms with Crippen LogP contribution in [0.4, 0.5) is 0 Å². The number of aryl methyl sites for hydroxylation is 2. The molecule has 1 atom stereocenters. The predicted molar refractivity (Wildman–Crippen MR) is 78.7 cm³/mol. The summed E-state index contributed by atoms with van der Waals surface area (Å²) in [5, 5.41) is 0. The van der Waals surface area contributed by atoms with Crippen LogP contribution in [0.25, 0.3) is 0 Å². The van der Waals surface area contributed by atoms with E-state index in [9.17, 15) is 4.21 Å². The Balaban J connectivity index is 2.20. The maximum atomic E-state index is 12.5. The molecule has 0 saturated heterocycles. The number of benzene rings is 1. The smallest absolute Gasteiger partial charge is 0.174 e. The highest BCUT2D eigenvalue weighted by atomic mass is 32.8. The van der Waals surface area contributed by atoms with E-state index < -0.39 is 8.77 Å². The van der Waals surface area contributed by atoms with Crippen molar-refractivity contribution in [2.24, 2.45) is 0 Å². The van der Waals surface area contributed by atoms with E-state index in [4.69, 9.17) is 15.4 Å². The lowest BCUT2D eigenvalue weighted by Gasteiger charge is -2.11. The van der Waals surface area contributed by atoms with Crippen molar-refractivity contribution in [2.75, 3.05) is 0 Å². The van der Waals surface area contributed by atoms with Gasteiger partial charge in [-0.1, -0.05) is 24.3 Å². The second kappa shape index (κ2) is 5.77. The van der Waals surface area contributed by atoms with Gasteiger partial charge < -0.3 is 0 Å². The van der Waals surface area contributed by atoms with Crippen LogP contribution >= 0.6 is 0 Å². The molecule has 2 rings (SSSR count). The number of nitrogens with zero attached hydrogens (tertiary/aromatic N) is 1. The highest BCUT2D eigenvalue weighted by Gasteiger charge is 2.14. The Labute approximate surface area is 118 Å². The minimum Gasteiger partial charge on any atom is -0.282 e. The van der Waals surface area contributed by atoms with Gasteiger partial charge in [-0.3, -0.25) is 9.17 Å². The molecule has 0 fully saturated rings. The van der Waals surface area contributed by atoms with Crippen molar-refractivity contribution < 1.29 is 8.39 Å². The van der Waals surface area contributed by atoms with E-state index in [1.807, 2.05) is 44.2 Å². The molecular weight excluding hydrogens is 278 g/mol. The molecule has 5 heteroatoms. The molecule has 1 heterocycles. The molecule has 0 aliphatic heterocycles. The van der Waals surface area contributed by atoms with Crippen molar-refractivity contribution in [1.82, 2.24) is 4.98 Å². The molecule has 19 heavy (non-hydrogen) atoms. The zero-order valence-corrected chi connectivity index (χ0v) is 12.5. The van der Waals surface area contributed by atoms with Crippen LogP contribution in [0.15, 0.2) is 47.5 Å². The Hall–Kier alpha value is -1.30. The molecule has 0 spiro atoms. The number of pyridine rings is 1. The topological polar surface area (TPSA) is 39.2 Å². The zero-order chi connectivity index (χ0) is 13.9. The number of hydrogen-bond donors (Lipinski definition) is 0. The molecule has 0 bridgehead atoms. The lowest BCUT2D eigenvalue weighted by molar-refractivity contribution is 0.334. The molecule has 0 aliphatic rings. The first kappa shape index (κ1) is 14.1. The van der Waals surface area contributed by atoms with E-state index in [0.29, 0.717) is 4.90 Å². The summed E-state index contributed by atoms with van der Waals surface area (Å²) in [6, 6.07) is 11.0. The van der Waals surface area contributed by atoms with Crippen molar-refractivity contribution in [2.45, 2.75) is 25.3 Å². The average Bonchev–Trinajstić information content (AvgIpc) is 2.38. The van der Waals surface area contributed by atoms with Crippen LogP contribution in [-0.2, 0) is 30.8 Å². The molecule has 100 valence electrons. The van der Waals surface area contributed by atoms with Crippen LogP contribution in [0, 0.1) is 13.8 Å². The maximum absolute atomic E-state index is 12.5. The summed E-state index contributed by atoms with van der Waals surface area (Å²) in [5.41, 5.74) is 2.64. The van der Waals surface area contributed by atoms with Gasteiger partial charge in [0.1, 0.15) is 0 Å². The largest absolute Gasteiger partial charge is 0.282 e. The minimum atomic E-state index is -2.90. The molecule has 0 saturated carbocycles. The summed E-state index contributed by atoms with van der Waals surface area (Å²) in [5.74, 6) is 0. The second-order valence-corrected chi connectivity index (χ2v) is 7.13. The summed E-state index contributed by atoms with van der Waals surface area (Å²) in [4.78, 5) is 4.74. The zero-order valence-electron chi connectivity index (χ0n) is 10.8. The molecule has 1 aromatic heterocycles. The van der Waals surface area contributed by atoms with Gasteiger partial charge in [-0.25, -0.2) is 4.21 Å². The highest BCUT2D eigenvalue weighted by Crippen LogP contribution is 2.19. The van der Waals surface area contributed by atoms with E-state index in [2.05, 4.69) is 4.98 Å². The van der Waals surface area contributed by atoms with Crippen molar-refractivity contribution in [1.29, 1.82) is 0 Å². The third kappa shape index (κ3) is 3.37. The van der Waals surface area contributed by atoms with Crippen LogP contribution in [-0.4, -0.2) is 9.19 Å². The summed E-state index contributed by atoms with van der Waals surface area (Å²) in [6.45, 7) is 3.97. The summed E-state index contributed by atoms with van der Waals surface area (Å²) < 4.78 is 17.9. The summed E-state index contributed by atoms with van der Waals surface area (Å²) in [7, 11) is -2.90. The van der Waals surface area contributed by atoms with Crippen LogP contribution in [0.3, 0.4) is 0 Å². The van der Waals surface area contributed by atoms with Crippen LogP contribution in [0.1, 0.15) is 16.8 Å². The Bertz CT molecular complexity index is 681. The van der Waals surface area contributed by atoms with E-state index >= 15 is 0 Å². The Morgan fingerprint density at radius 3 is 2.63 bits per heavy atom. The fourth-order valence-corrected chi connectivity index (χ4v) is 3.53. The fraction of sp³-hybridized carbons (Fsp3) is 0.214. The molecule has 1 aromatic carbocycles. The SMILES string of the molecule is Cc1ccccc1S(=O)(=S)OCc1cccnc1C. The van der Waals surface area contributed by atoms with Gasteiger partial charge in [0, 0.05) is 28.6 Å². The van der Waals surface area contributed by atoms with Crippen LogP contribution < -0.4 is 0 Å². The molecule has 3 nitrogen and oxygen atoms in total. The van der Waals surface area contributed by atoms with E-state index in [-0.39, 0.29) is 6.61 Å². The summed E-state index contributed by atoms with van der Waals surface area (Å²) in [6.07, 6.45) is 1.71. The maximum Gasteiger partial charge on any atom is 0.174 e. The third-order valence-electron chi connectivity index (χ3n) is 2.85. The van der Waals surface area contributed by atoms with Crippen LogP contribution in [0.2, 0.25) is 0 Å². The molecule has 0 radical (unpaired) electrons. The predicted octanol–water partition coefficient (Wildman–Crippen LogP) is 2.94. The molecule has 0 aliphatic carbocycles. The van der Waals surface area contributed by atoms with Crippen molar-refractivity contribution in [3.8, 4) is 0 Å². The minimum absolute atomic E-state index is 0.205. The van der Waals surface area contributed by atoms with Gasteiger partial charge in [-0.2, -0.15) is 0 Å². The molecule has 0 N–H and O–H groups in total. The van der Waals surface area contributed by atoms with E-state index in [0.717, 1.165) is 16.8 Å². The third-order valence-corrected chi connectivity index (χ3v) is 5.10. The lowest BCUT2D eigenvalue weighted by atomic mass is 10.2. The lowest BCUT2D eigenvalue weighted by Crippen LogP contribution is -2.07. The van der Waals surface area contributed by atoms with Gasteiger partial charge in [0.05, 0.1) is 11.5 Å². The van der Waals surface area contributed by atoms with Gasteiger partial charge >= 0.3 is 0 Å². The van der Waals surface area contributed by atoms with Crippen molar-refractivity contribution >= 4 is 20.0 Å².